The highest BCUT2D eigenvalue weighted by atomic mass is 16.2. The maximum Gasteiger partial charge on any atom is 0.254 e. The molecule has 1 aliphatic heterocycles. The number of pyridine rings is 1. The third kappa shape index (κ3) is 2.66. The molecule has 1 saturated heterocycles. The fourth-order valence-corrected chi connectivity index (χ4v) is 3.42. The first kappa shape index (κ1) is 14.9. The van der Waals surface area contributed by atoms with E-state index in [0.717, 1.165) is 42.7 Å². The van der Waals surface area contributed by atoms with E-state index in [2.05, 4.69) is 29.0 Å². The molecule has 0 radical (unpaired) electrons. The molecule has 0 spiro atoms. The van der Waals surface area contributed by atoms with Gasteiger partial charge >= 0.3 is 0 Å². The fraction of sp³-hybridized carbons (Fsp3) is 0.316. The SMILES string of the molecule is Cc1ccc2nc([C@@H]3CCCCN3C(=O)c3ccncc3)[nH]c2c1. The Labute approximate surface area is 140 Å². The summed E-state index contributed by atoms with van der Waals surface area (Å²) in [5.74, 6) is 0.941. The fourth-order valence-electron chi connectivity index (χ4n) is 3.42. The molecule has 3 heterocycles. The first-order valence-corrected chi connectivity index (χ1v) is 8.39. The molecule has 5 heteroatoms. The van der Waals surface area contributed by atoms with Crippen LogP contribution in [0.2, 0.25) is 0 Å². The minimum Gasteiger partial charge on any atom is -0.340 e. The molecular weight excluding hydrogens is 300 g/mol. The normalized spacial score (nSPS) is 18.0. The van der Waals surface area contributed by atoms with Crippen LogP contribution in [-0.4, -0.2) is 32.3 Å². The number of likely N-dealkylation sites (tertiary alicyclic amines) is 1. The van der Waals surface area contributed by atoms with Gasteiger partial charge in [0.2, 0.25) is 0 Å². The van der Waals surface area contributed by atoms with Crippen LogP contribution in [0, 0.1) is 6.92 Å². The Kier molecular flexibility index (Phi) is 3.76. The molecule has 1 atom stereocenters. The summed E-state index contributed by atoms with van der Waals surface area (Å²) in [7, 11) is 0. The molecule has 1 amide bonds. The van der Waals surface area contributed by atoms with Crippen molar-refractivity contribution in [3.63, 3.8) is 0 Å². The van der Waals surface area contributed by atoms with Gasteiger partial charge < -0.3 is 9.88 Å². The summed E-state index contributed by atoms with van der Waals surface area (Å²) in [5.41, 5.74) is 3.87. The van der Waals surface area contributed by atoms with Crippen molar-refractivity contribution in [2.45, 2.75) is 32.2 Å². The topological polar surface area (TPSA) is 61.9 Å². The number of aromatic amines is 1. The van der Waals surface area contributed by atoms with Gasteiger partial charge in [0.15, 0.2) is 0 Å². The van der Waals surface area contributed by atoms with Gasteiger partial charge in [-0.15, -0.1) is 0 Å². The van der Waals surface area contributed by atoms with Crippen molar-refractivity contribution >= 4 is 16.9 Å². The van der Waals surface area contributed by atoms with Gasteiger partial charge in [-0.25, -0.2) is 4.98 Å². The molecule has 1 fully saturated rings. The van der Waals surface area contributed by atoms with Crippen LogP contribution in [0.15, 0.2) is 42.7 Å². The van der Waals surface area contributed by atoms with Gasteiger partial charge in [0.1, 0.15) is 5.82 Å². The predicted octanol–water partition coefficient (Wildman–Crippen LogP) is 3.63. The second kappa shape index (κ2) is 6.07. The summed E-state index contributed by atoms with van der Waals surface area (Å²) >= 11 is 0. The van der Waals surface area contributed by atoms with Gasteiger partial charge in [-0.05, 0) is 56.0 Å². The van der Waals surface area contributed by atoms with Crippen LogP contribution >= 0.6 is 0 Å². The summed E-state index contributed by atoms with van der Waals surface area (Å²) in [4.78, 5) is 27.0. The maximum atomic E-state index is 12.9. The van der Waals surface area contributed by atoms with Crippen LogP contribution in [0.3, 0.4) is 0 Å². The average molecular weight is 320 g/mol. The molecule has 5 nitrogen and oxygen atoms in total. The van der Waals surface area contributed by atoms with E-state index in [9.17, 15) is 4.79 Å². The van der Waals surface area contributed by atoms with Crippen LogP contribution in [0.4, 0.5) is 0 Å². The van der Waals surface area contributed by atoms with Crippen LogP contribution < -0.4 is 0 Å². The summed E-state index contributed by atoms with van der Waals surface area (Å²) in [6.45, 7) is 2.84. The van der Waals surface area contributed by atoms with Crippen molar-refractivity contribution in [1.82, 2.24) is 19.9 Å². The van der Waals surface area contributed by atoms with Crippen molar-refractivity contribution < 1.29 is 4.79 Å². The number of rotatable bonds is 2. The highest BCUT2D eigenvalue weighted by Gasteiger charge is 2.30. The first-order valence-electron chi connectivity index (χ1n) is 8.39. The van der Waals surface area contributed by atoms with E-state index in [1.165, 1.54) is 5.56 Å². The van der Waals surface area contributed by atoms with Crippen LogP contribution in [0.5, 0.6) is 0 Å². The van der Waals surface area contributed by atoms with Gasteiger partial charge in [0.25, 0.3) is 5.91 Å². The maximum absolute atomic E-state index is 12.9. The lowest BCUT2D eigenvalue weighted by molar-refractivity contribution is 0.0601. The average Bonchev–Trinajstić information content (AvgIpc) is 3.05. The van der Waals surface area contributed by atoms with Crippen molar-refractivity contribution in [2.75, 3.05) is 6.54 Å². The number of fused-ring (bicyclic) bond motifs is 1. The number of benzene rings is 1. The summed E-state index contributed by atoms with van der Waals surface area (Å²) in [5, 5.41) is 0. The Morgan fingerprint density at radius 1 is 1.21 bits per heavy atom. The molecule has 1 N–H and O–H groups in total. The van der Waals surface area contributed by atoms with Crippen LogP contribution in [-0.2, 0) is 0 Å². The van der Waals surface area contributed by atoms with Gasteiger partial charge in [0.05, 0.1) is 17.1 Å². The molecule has 2 aromatic heterocycles. The number of carbonyl (C=O) groups is 1. The molecule has 24 heavy (non-hydrogen) atoms. The number of aryl methyl sites for hydroxylation is 1. The molecule has 0 bridgehead atoms. The third-order valence-corrected chi connectivity index (χ3v) is 4.66. The number of hydrogen-bond acceptors (Lipinski definition) is 3. The minimum absolute atomic E-state index is 0.00659. The summed E-state index contributed by atoms with van der Waals surface area (Å²) < 4.78 is 0. The summed E-state index contributed by atoms with van der Waals surface area (Å²) in [6.07, 6.45) is 6.41. The predicted molar refractivity (Wildman–Crippen MR) is 92.7 cm³/mol. The Bertz CT molecular complexity index is 871. The number of amides is 1. The minimum atomic E-state index is 0.00659. The molecule has 122 valence electrons. The number of hydrogen-bond donors (Lipinski definition) is 1. The van der Waals surface area contributed by atoms with E-state index in [0.29, 0.717) is 5.56 Å². The number of carbonyl (C=O) groups excluding carboxylic acids is 1. The van der Waals surface area contributed by atoms with Crippen molar-refractivity contribution in [1.29, 1.82) is 0 Å². The lowest BCUT2D eigenvalue weighted by Gasteiger charge is -2.34. The van der Waals surface area contributed by atoms with Gasteiger partial charge in [0, 0.05) is 24.5 Å². The second-order valence-corrected chi connectivity index (χ2v) is 6.39. The van der Waals surface area contributed by atoms with Crippen molar-refractivity contribution in [3.8, 4) is 0 Å². The number of piperidine rings is 1. The molecule has 0 saturated carbocycles. The largest absolute Gasteiger partial charge is 0.340 e. The van der Waals surface area contributed by atoms with E-state index in [4.69, 9.17) is 4.98 Å². The second-order valence-electron chi connectivity index (χ2n) is 6.39. The lowest BCUT2D eigenvalue weighted by Crippen LogP contribution is -2.39. The smallest absolute Gasteiger partial charge is 0.254 e. The van der Waals surface area contributed by atoms with E-state index >= 15 is 0 Å². The van der Waals surface area contributed by atoms with E-state index in [1.54, 1.807) is 24.5 Å². The highest BCUT2D eigenvalue weighted by Crippen LogP contribution is 2.31. The van der Waals surface area contributed by atoms with E-state index < -0.39 is 0 Å². The van der Waals surface area contributed by atoms with Crippen molar-refractivity contribution in [3.05, 3.63) is 59.7 Å². The Morgan fingerprint density at radius 2 is 2.04 bits per heavy atom. The molecule has 1 aliphatic rings. The quantitative estimate of drug-likeness (QED) is 0.784. The molecule has 3 aromatic rings. The van der Waals surface area contributed by atoms with Gasteiger partial charge in [-0.1, -0.05) is 6.07 Å². The van der Waals surface area contributed by atoms with Crippen LogP contribution in [0.1, 0.15) is 47.1 Å². The Balaban J connectivity index is 1.69. The number of H-pyrrole nitrogens is 1. The number of nitrogens with zero attached hydrogens (tertiary/aromatic N) is 3. The monoisotopic (exact) mass is 320 g/mol. The number of imidazole rings is 1. The highest BCUT2D eigenvalue weighted by molar-refractivity contribution is 5.94. The molecule has 0 unspecified atom stereocenters. The van der Waals surface area contributed by atoms with Gasteiger partial charge in [-0.3, -0.25) is 9.78 Å². The van der Waals surface area contributed by atoms with Crippen molar-refractivity contribution in [2.24, 2.45) is 0 Å². The zero-order valence-corrected chi connectivity index (χ0v) is 13.7. The van der Waals surface area contributed by atoms with E-state index in [-0.39, 0.29) is 11.9 Å². The van der Waals surface area contributed by atoms with Crippen LogP contribution in [0.25, 0.3) is 11.0 Å². The molecule has 4 rings (SSSR count). The standard InChI is InChI=1S/C19H20N4O/c1-13-5-6-15-16(12-13)22-18(21-15)17-4-2-3-11-23(17)19(24)14-7-9-20-10-8-14/h5-10,12,17H,2-4,11H2,1H3,(H,21,22)/t17-/m0/s1. The zero-order chi connectivity index (χ0) is 16.5. The van der Waals surface area contributed by atoms with Gasteiger partial charge in [-0.2, -0.15) is 0 Å². The Hall–Kier alpha value is -2.69. The first-order chi connectivity index (χ1) is 11.7. The Morgan fingerprint density at radius 3 is 2.88 bits per heavy atom. The number of aromatic nitrogens is 3. The third-order valence-electron chi connectivity index (χ3n) is 4.66. The molecule has 0 aliphatic carbocycles. The molecular formula is C19H20N4O. The number of nitrogens with one attached hydrogen (secondary N) is 1. The lowest BCUT2D eigenvalue weighted by atomic mass is 10.0. The zero-order valence-electron chi connectivity index (χ0n) is 13.7. The summed E-state index contributed by atoms with van der Waals surface area (Å²) in [6, 6.07) is 9.75. The van der Waals surface area contributed by atoms with E-state index in [1.807, 2.05) is 11.0 Å². The molecule has 1 aromatic carbocycles.